The largest absolute Gasteiger partial charge is 0.376 e. The molecule has 1 aliphatic carbocycles. The van der Waals surface area contributed by atoms with Gasteiger partial charge in [0.1, 0.15) is 5.69 Å². The van der Waals surface area contributed by atoms with Gasteiger partial charge in [-0.15, -0.1) is 0 Å². The monoisotopic (exact) mass is 297 g/mol. The lowest BCUT2D eigenvalue weighted by Crippen LogP contribution is -2.23. The Morgan fingerprint density at radius 3 is 2.55 bits per heavy atom. The SMILES string of the molecule is NC(=O)c1cc(Cl)c(NC2CCCCC2)c([N+](=O)[O-])c1. The number of anilines is 1. The van der Waals surface area contributed by atoms with Gasteiger partial charge in [0, 0.05) is 17.7 Å². The van der Waals surface area contributed by atoms with E-state index in [0.29, 0.717) is 0 Å². The topological polar surface area (TPSA) is 98.3 Å². The molecule has 1 saturated carbocycles. The number of rotatable bonds is 4. The van der Waals surface area contributed by atoms with Crippen LogP contribution < -0.4 is 11.1 Å². The number of carbonyl (C=O) groups excluding carboxylic acids is 1. The molecule has 1 fully saturated rings. The van der Waals surface area contributed by atoms with Crippen LogP contribution in [0.1, 0.15) is 42.5 Å². The van der Waals surface area contributed by atoms with Crippen LogP contribution in [0.25, 0.3) is 0 Å². The molecule has 1 aromatic rings. The van der Waals surface area contributed by atoms with Crippen LogP contribution in [0.3, 0.4) is 0 Å². The predicted molar refractivity (Wildman–Crippen MR) is 77.1 cm³/mol. The minimum absolute atomic E-state index is 0.0379. The van der Waals surface area contributed by atoms with Gasteiger partial charge in [-0.2, -0.15) is 0 Å². The van der Waals surface area contributed by atoms with Crippen molar-refractivity contribution in [1.82, 2.24) is 0 Å². The smallest absolute Gasteiger partial charge is 0.294 e. The molecule has 0 saturated heterocycles. The molecular formula is C13H16ClN3O3. The summed E-state index contributed by atoms with van der Waals surface area (Å²) < 4.78 is 0. The summed E-state index contributed by atoms with van der Waals surface area (Å²) in [5, 5.41) is 14.4. The van der Waals surface area contributed by atoms with Gasteiger partial charge in [-0.25, -0.2) is 0 Å². The third-order valence-corrected chi connectivity index (χ3v) is 3.80. The van der Waals surface area contributed by atoms with Crippen LogP contribution in [0.4, 0.5) is 11.4 Å². The molecule has 0 atom stereocenters. The minimum Gasteiger partial charge on any atom is -0.376 e. The molecular weight excluding hydrogens is 282 g/mol. The molecule has 2 rings (SSSR count). The first-order valence-corrected chi connectivity index (χ1v) is 6.91. The number of hydrogen-bond donors (Lipinski definition) is 2. The van der Waals surface area contributed by atoms with Crippen molar-refractivity contribution in [3.8, 4) is 0 Å². The van der Waals surface area contributed by atoms with Crippen molar-refractivity contribution >= 4 is 28.9 Å². The lowest BCUT2D eigenvalue weighted by Gasteiger charge is -2.24. The summed E-state index contributed by atoms with van der Waals surface area (Å²) in [5.41, 5.74) is 5.24. The number of nitrogens with two attached hydrogens (primary N) is 1. The van der Waals surface area contributed by atoms with Crippen molar-refractivity contribution < 1.29 is 9.72 Å². The number of nitrogens with one attached hydrogen (secondary N) is 1. The van der Waals surface area contributed by atoms with Crippen LogP contribution in [-0.4, -0.2) is 16.9 Å². The number of halogens is 1. The van der Waals surface area contributed by atoms with Crippen LogP contribution >= 0.6 is 11.6 Å². The van der Waals surface area contributed by atoms with Crippen molar-refractivity contribution in [2.45, 2.75) is 38.1 Å². The molecule has 0 heterocycles. The third kappa shape index (κ3) is 3.19. The number of nitro benzene ring substituents is 1. The second kappa shape index (κ2) is 6.09. The van der Waals surface area contributed by atoms with Gasteiger partial charge in [-0.1, -0.05) is 30.9 Å². The van der Waals surface area contributed by atoms with Gasteiger partial charge in [0.2, 0.25) is 5.91 Å². The molecule has 1 aromatic carbocycles. The summed E-state index contributed by atoms with van der Waals surface area (Å²) in [6.45, 7) is 0. The summed E-state index contributed by atoms with van der Waals surface area (Å²) >= 11 is 6.07. The highest BCUT2D eigenvalue weighted by Gasteiger charge is 2.23. The molecule has 108 valence electrons. The maximum absolute atomic E-state index is 11.1. The van der Waals surface area contributed by atoms with Gasteiger partial charge < -0.3 is 11.1 Å². The second-order valence-corrected chi connectivity index (χ2v) is 5.36. The zero-order chi connectivity index (χ0) is 14.7. The number of primary amides is 1. The fourth-order valence-electron chi connectivity index (χ4n) is 2.47. The highest BCUT2D eigenvalue weighted by Crippen LogP contribution is 2.35. The molecule has 6 nitrogen and oxygen atoms in total. The number of carbonyl (C=O) groups is 1. The van der Waals surface area contributed by atoms with Crippen molar-refractivity contribution in [3.05, 3.63) is 32.8 Å². The van der Waals surface area contributed by atoms with E-state index in [1.54, 1.807) is 0 Å². The Kier molecular flexibility index (Phi) is 4.44. The van der Waals surface area contributed by atoms with Crippen molar-refractivity contribution in [1.29, 1.82) is 0 Å². The van der Waals surface area contributed by atoms with E-state index in [0.717, 1.165) is 25.7 Å². The van der Waals surface area contributed by atoms with Gasteiger partial charge >= 0.3 is 0 Å². The molecule has 20 heavy (non-hydrogen) atoms. The van der Waals surface area contributed by atoms with Crippen molar-refractivity contribution in [2.24, 2.45) is 5.73 Å². The highest BCUT2D eigenvalue weighted by atomic mass is 35.5. The van der Waals surface area contributed by atoms with E-state index in [9.17, 15) is 14.9 Å². The van der Waals surface area contributed by atoms with Crippen LogP contribution in [0, 0.1) is 10.1 Å². The first-order chi connectivity index (χ1) is 9.49. The number of hydrogen-bond acceptors (Lipinski definition) is 4. The number of nitrogens with zero attached hydrogens (tertiary/aromatic N) is 1. The summed E-state index contributed by atoms with van der Waals surface area (Å²) in [6, 6.07) is 2.71. The van der Waals surface area contributed by atoms with Crippen molar-refractivity contribution in [3.63, 3.8) is 0 Å². The molecule has 0 bridgehead atoms. The number of nitro groups is 1. The Bertz CT molecular complexity index is 542. The Balaban J connectivity index is 2.35. The van der Waals surface area contributed by atoms with E-state index in [1.807, 2.05) is 0 Å². The summed E-state index contributed by atoms with van der Waals surface area (Å²) in [6.07, 6.45) is 5.32. The summed E-state index contributed by atoms with van der Waals surface area (Å²) in [7, 11) is 0. The Morgan fingerprint density at radius 2 is 2.00 bits per heavy atom. The lowest BCUT2D eigenvalue weighted by atomic mass is 9.95. The third-order valence-electron chi connectivity index (χ3n) is 3.50. The quantitative estimate of drug-likeness (QED) is 0.659. The fourth-order valence-corrected chi connectivity index (χ4v) is 2.74. The maximum Gasteiger partial charge on any atom is 0.294 e. The highest BCUT2D eigenvalue weighted by molar-refractivity contribution is 6.34. The Morgan fingerprint density at radius 1 is 1.35 bits per heavy atom. The lowest BCUT2D eigenvalue weighted by molar-refractivity contribution is -0.384. The van der Waals surface area contributed by atoms with Crippen molar-refractivity contribution in [2.75, 3.05) is 5.32 Å². The van der Waals surface area contributed by atoms with Gasteiger partial charge in [0.25, 0.3) is 5.69 Å². The second-order valence-electron chi connectivity index (χ2n) is 4.95. The van der Waals surface area contributed by atoms with Gasteiger partial charge in [-0.3, -0.25) is 14.9 Å². The van der Waals surface area contributed by atoms with Crippen LogP contribution in [0.15, 0.2) is 12.1 Å². The zero-order valence-electron chi connectivity index (χ0n) is 10.9. The van der Waals surface area contributed by atoms with Crippen LogP contribution in [-0.2, 0) is 0 Å². The predicted octanol–water partition coefficient (Wildman–Crippen LogP) is 3.09. The fraction of sp³-hybridized carbons (Fsp3) is 0.462. The number of benzene rings is 1. The van der Waals surface area contributed by atoms with Gasteiger partial charge in [0.15, 0.2) is 0 Å². The molecule has 1 amide bonds. The standard InChI is InChI=1S/C13H16ClN3O3/c14-10-6-8(13(15)18)7-11(17(19)20)12(10)16-9-4-2-1-3-5-9/h6-7,9,16H,1-5H2,(H2,15,18). The van der Waals surface area contributed by atoms with E-state index < -0.39 is 10.8 Å². The van der Waals surface area contributed by atoms with E-state index in [-0.39, 0.29) is 28.0 Å². The van der Waals surface area contributed by atoms with Crippen LogP contribution in [0.5, 0.6) is 0 Å². The van der Waals surface area contributed by atoms with Gasteiger partial charge in [-0.05, 0) is 18.9 Å². The van der Waals surface area contributed by atoms with E-state index in [1.165, 1.54) is 18.6 Å². The molecule has 0 unspecified atom stereocenters. The van der Waals surface area contributed by atoms with E-state index in [2.05, 4.69) is 5.32 Å². The molecule has 3 N–H and O–H groups in total. The first kappa shape index (κ1) is 14.6. The zero-order valence-corrected chi connectivity index (χ0v) is 11.7. The van der Waals surface area contributed by atoms with E-state index in [4.69, 9.17) is 17.3 Å². The molecule has 0 spiro atoms. The van der Waals surface area contributed by atoms with Gasteiger partial charge in [0.05, 0.1) is 9.95 Å². The minimum atomic E-state index is -0.737. The Hall–Kier alpha value is -1.82. The molecule has 0 aliphatic heterocycles. The van der Waals surface area contributed by atoms with Crippen LogP contribution in [0.2, 0.25) is 5.02 Å². The number of amides is 1. The summed E-state index contributed by atoms with van der Waals surface area (Å²) in [5.74, 6) is -0.737. The normalized spacial score (nSPS) is 15.8. The average Bonchev–Trinajstić information content (AvgIpc) is 2.41. The average molecular weight is 298 g/mol. The van der Waals surface area contributed by atoms with E-state index >= 15 is 0 Å². The Labute approximate surface area is 121 Å². The maximum atomic E-state index is 11.1. The molecule has 1 aliphatic rings. The molecule has 0 radical (unpaired) electrons. The first-order valence-electron chi connectivity index (χ1n) is 6.53. The molecule has 7 heteroatoms. The summed E-state index contributed by atoms with van der Waals surface area (Å²) in [4.78, 5) is 21.7. The molecule has 0 aromatic heterocycles.